The standard InChI is InChI=1S/C27H35ClFN5O6/c1-25(2,3)39-23(37)30-17-12-33(13-27(17)9-10-27)20-16(29)11-15-19(18(20)28)31-22(36)34(21(15)35,14-7-8-14)32-24(38)40-26(4,5)6/h11,14,17H,7-10,12-13H2,1-6H3,(H2-,30,31,32,35,36,37,38)/p+1. The predicted molar refractivity (Wildman–Crippen MR) is 144 cm³/mol. The van der Waals surface area contributed by atoms with Gasteiger partial charge in [0.1, 0.15) is 28.6 Å². The minimum Gasteiger partial charge on any atom is -0.444 e. The zero-order valence-corrected chi connectivity index (χ0v) is 24.3. The molecule has 0 aromatic heterocycles. The van der Waals surface area contributed by atoms with Gasteiger partial charge in [-0.2, -0.15) is 0 Å². The number of carbonyl (C=O) groups is 4. The van der Waals surface area contributed by atoms with Crippen molar-refractivity contribution in [3.63, 3.8) is 0 Å². The monoisotopic (exact) mass is 580 g/mol. The number of quaternary nitrogens is 1. The highest BCUT2D eigenvalue weighted by Gasteiger charge is 2.63. The fraction of sp³-hybridized carbons (Fsp3) is 0.630. The first-order chi connectivity index (χ1) is 18.5. The van der Waals surface area contributed by atoms with Crippen molar-refractivity contribution in [3.05, 3.63) is 22.5 Å². The summed E-state index contributed by atoms with van der Waals surface area (Å²) in [5.74, 6) is -1.53. The number of hydrogen-bond acceptors (Lipinski definition) is 7. The molecule has 218 valence electrons. The fourth-order valence-corrected chi connectivity index (χ4v) is 5.91. The Morgan fingerprint density at radius 3 is 2.25 bits per heavy atom. The third kappa shape index (κ3) is 5.07. The number of anilines is 2. The number of nitrogens with one attached hydrogen (secondary N) is 3. The molecule has 2 atom stereocenters. The molecule has 5 rings (SSSR count). The Kier molecular flexibility index (Phi) is 6.53. The number of imide groups is 1. The molecule has 4 aliphatic rings. The molecule has 1 spiro atoms. The van der Waals surface area contributed by atoms with E-state index in [4.69, 9.17) is 21.1 Å². The Balaban J connectivity index is 1.43. The molecule has 1 aromatic rings. The summed E-state index contributed by atoms with van der Waals surface area (Å²) < 4.78 is 25.4. The number of halogens is 2. The predicted octanol–water partition coefficient (Wildman–Crippen LogP) is 5.08. The number of hydrogen-bond donors (Lipinski definition) is 3. The van der Waals surface area contributed by atoms with E-state index in [9.17, 15) is 19.2 Å². The molecule has 2 aliphatic heterocycles. The molecule has 1 aromatic carbocycles. The van der Waals surface area contributed by atoms with Gasteiger partial charge < -0.3 is 19.7 Å². The molecule has 0 radical (unpaired) electrons. The topological polar surface area (TPSA) is 126 Å². The van der Waals surface area contributed by atoms with Gasteiger partial charge in [-0.25, -0.2) is 23.6 Å². The van der Waals surface area contributed by atoms with Gasteiger partial charge in [0.05, 0.1) is 22.4 Å². The average Bonchev–Trinajstić information content (AvgIpc) is 3.70. The van der Waals surface area contributed by atoms with E-state index in [-0.39, 0.29) is 40.0 Å². The summed E-state index contributed by atoms with van der Waals surface area (Å²) in [7, 11) is 0. The quantitative estimate of drug-likeness (QED) is 0.424. The normalized spacial score (nSPS) is 25.3. The van der Waals surface area contributed by atoms with Crippen molar-refractivity contribution in [3.8, 4) is 0 Å². The van der Waals surface area contributed by atoms with Crippen molar-refractivity contribution < 1.29 is 37.6 Å². The average molecular weight is 581 g/mol. The second-order valence-electron chi connectivity index (χ2n) is 13.2. The lowest BCUT2D eigenvalue weighted by Gasteiger charge is -2.36. The number of nitrogens with zero attached hydrogens (tertiary/aromatic N) is 2. The first-order valence-corrected chi connectivity index (χ1v) is 13.9. The van der Waals surface area contributed by atoms with Gasteiger partial charge in [-0.3, -0.25) is 5.32 Å². The van der Waals surface area contributed by atoms with Crippen LogP contribution in [0.3, 0.4) is 0 Å². The first kappa shape index (κ1) is 28.4. The summed E-state index contributed by atoms with van der Waals surface area (Å²) in [6, 6.07) is -0.543. The minimum atomic E-state index is -1.05. The largest absolute Gasteiger partial charge is 0.454 e. The molecule has 2 unspecified atom stereocenters. The fourth-order valence-electron chi connectivity index (χ4n) is 5.55. The van der Waals surface area contributed by atoms with Crippen LogP contribution in [-0.2, 0) is 9.47 Å². The van der Waals surface area contributed by atoms with Gasteiger partial charge in [-0.05, 0) is 60.5 Å². The van der Waals surface area contributed by atoms with Crippen molar-refractivity contribution in [2.24, 2.45) is 5.41 Å². The molecular formula is C27H36ClFN5O6+. The van der Waals surface area contributed by atoms with Crippen LogP contribution in [0.25, 0.3) is 0 Å². The molecule has 13 heteroatoms. The summed E-state index contributed by atoms with van der Waals surface area (Å²) in [6.45, 7) is 11.0. The zero-order valence-electron chi connectivity index (χ0n) is 23.6. The second kappa shape index (κ2) is 9.20. The number of urea groups is 1. The molecule has 3 N–H and O–H groups in total. The molecule has 0 bridgehead atoms. The van der Waals surface area contributed by atoms with Crippen LogP contribution in [0.4, 0.5) is 30.1 Å². The minimum absolute atomic E-state index is 0.0122. The van der Waals surface area contributed by atoms with Gasteiger partial charge in [0.15, 0.2) is 0 Å². The Morgan fingerprint density at radius 2 is 1.70 bits per heavy atom. The SMILES string of the molecule is CC(C)(C)OC(=O)NC1CN(c2c(F)cc3c(c2Cl)NC(=O)[N+](NC(=O)OC(C)(C)C)(C2CC2)C3=O)CC12CC2. The summed E-state index contributed by atoms with van der Waals surface area (Å²) in [5.41, 5.74) is 0.571. The van der Waals surface area contributed by atoms with E-state index in [1.54, 1.807) is 46.4 Å². The molecule has 2 heterocycles. The van der Waals surface area contributed by atoms with E-state index in [2.05, 4.69) is 16.1 Å². The molecular weight excluding hydrogens is 545 g/mol. The van der Waals surface area contributed by atoms with Crippen LogP contribution in [0.2, 0.25) is 5.02 Å². The highest BCUT2D eigenvalue weighted by Crippen LogP contribution is 2.55. The van der Waals surface area contributed by atoms with Crippen molar-refractivity contribution in [2.45, 2.75) is 90.5 Å². The number of amides is 5. The van der Waals surface area contributed by atoms with Crippen LogP contribution in [0.15, 0.2) is 6.07 Å². The zero-order chi connectivity index (χ0) is 29.4. The number of ether oxygens (including phenoxy) is 2. The van der Waals surface area contributed by atoms with Crippen molar-refractivity contribution in [1.29, 1.82) is 0 Å². The van der Waals surface area contributed by atoms with Crippen LogP contribution in [0, 0.1) is 11.2 Å². The van der Waals surface area contributed by atoms with E-state index in [1.807, 2.05) is 0 Å². The Bertz CT molecular complexity index is 1300. The van der Waals surface area contributed by atoms with Crippen LogP contribution in [0.1, 0.15) is 77.6 Å². The number of rotatable bonds is 4. The third-order valence-corrected chi connectivity index (χ3v) is 7.97. The molecule has 5 amide bonds. The van der Waals surface area contributed by atoms with Crippen molar-refractivity contribution >= 4 is 47.1 Å². The van der Waals surface area contributed by atoms with Gasteiger partial charge in [-0.15, -0.1) is 5.43 Å². The maximum Gasteiger partial charge on any atom is 0.454 e. The van der Waals surface area contributed by atoms with E-state index in [1.165, 1.54) is 0 Å². The third-order valence-electron chi connectivity index (χ3n) is 7.61. The number of benzene rings is 1. The van der Waals surface area contributed by atoms with Crippen LogP contribution < -0.4 is 21.0 Å². The van der Waals surface area contributed by atoms with Crippen molar-refractivity contribution in [2.75, 3.05) is 23.3 Å². The highest BCUT2D eigenvalue weighted by atomic mass is 35.5. The van der Waals surface area contributed by atoms with Crippen LogP contribution >= 0.6 is 11.6 Å². The van der Waals surface area contributed by atoms with Gasteiger partial charge in [0.25, 0.3) is 0 Å². The van der Waals surface area contributed by atoms with Gasteiger partial charge in [0, 0.05) is 31.3 Å². The Labute approximate surface area is 237 Å². The second-order valence-corrected chi connectivity index (χ2v) is 13.6. The maximum atomic E-state index is 15.8. The summed E-state index contributed by atoms with van der Waals surface area (Å²) in [5, 5.41) is 5.47. The Morgan fingerprint density at radius 1 is 1.10 bits per heavy atom. The number of fused-ring (bicyclic) bond motifs is 1. The lowest BCUT2D eigenvalue weighted by molar-refractivity contribution is -0.815. The summed E-state index contributed by atoms with van der Waals surface area (Å²) >= 11 is 6.70. The molecule has 2 aliphatic carbocycles. The summed E-state index contributed by atoms with van der Waals surface area (Å²) in [4.78, 5) is 54.2. The van der Waals surface area contributed by atoms with Crippen molar-refractivity contribution in [1.82, 2.24) is 10.7 Å². The molecule has 2 saturated carbocycles. The van der Waals surface area contributed by atoms with Gasteiger partial charge in [0.2, 0.25) is 0 Å². The summed E-state index contributed by atoms with van der Waals surface area (Å²) in [6.07, 6.45) is 1.24. The maximum absolute atomic E-state index is 15.8. The Hall–Kier alpha value is -3.12. The van der Waals surface area contributed by atoms with Crippen LogP contribution in [0.5, 0.6) is 0 Å². The van der Waals surface area contributed by atoms with E-state index >= 15 is 4.39 Å². The smallest absolute Gasteiger partial charge is 0.444 e. The van der Waals surface area contributed by atoms with Gasteiger partial charge >= 0.3 is 24.1 Å². The van der Waals surface area contributed by atoms with E-state index in [0.717, 1.165) is 18.9 Å². The number of alkyl carbamates (subject to hydrolysis) is 1. The lowest BCUT2D eigenvalue weighted by Crippen LogP contribution is -2.71. The van der Waals surface area contributed by atoms with Crippen LogP contribution in [-0.4, -0.2) is 65.1 Å². The lowest BCUT2D eigenvalue weighted by atomic mass is 10.0. The van der Waals surface area contributed by atoms with Gasteiger partial charge in [-0.1, -0.05) is 16.2 Å². The number of carbonyl (C=O) groups excluding carboxylic acids is 4. The molecule has 3 fully saturated rings. The highest BCUT2D eigenvalue weighted by molar-refractivity contribution is 6.38. The molecule has 40 heavy (non-hydrogen) atoms. The van der Waals surface area contributed by atoms with E-state index in [0.29, 0.717) is 19.4 Å². The molecule has 1 saturated heterocycles. The first-order valence-electron chi connectivity index (χ1n) is 13.5. The van der Waals surface area contributed by atoms with E-state index < -0.39 is 51.8 Å². The molecule has 11 nitrogen and oxygen atoms in total.